The highest BCUT2D eigenvalue weighted by Crippen LogP contribution is 2.43. The summed E-state index contributed by atoms with van der Waals surface area (Å²) in [7, 11) is 3.05. The van der Waals surface area contributed by atoms with Gasteiger partial charge < -0.3 is 34.1 Å². The van der Waals surface area contributed by atoms with Crippen molar-refractivity contribution in [2.24, 2.45) is 0 Å². The Balaban J connectivity index is 1.68. The molecule has 1 aromatic heterocycles. The van der Waals surface area contributed by atoms with Gasteiger partial charge in [-0.15, -0.1) is 0 Å². The molecule has 2 heterocycles. The van der Waals surface area contributed by atoms with Crippen LogP contribution in [0.15, 0.2) is 36.5 Å². The van der Waals surface area contributed by atoms with Gasteiger partial charge in [-0.3, -0.25) is 4.79 Å². The molecule has 0 radical (unpaired) electrons. The Morgan fingerprint density at radius 1 is 1.07 bits per heavy atom. The van der Waals surface area contributed by atoms with Gasteiger partial charge in [0.2, 0.25) is 5.95 Å². The highest BCUT2D eigenvalue weighted by molar-refractivity contribution is 7.46. The zero-order valence-corrected chi connectivity index (χ0v) is 25.1. The van der Waals surface area contributed by atoms with E-state index in [-0.39, 0.29) is 29.3 Å². The highest BCUT2D eigenvalue weighted by Gasteiger charge is 2.37. The summed E-state index contributed by atoms with van der Waals surface area (Å²) < 4.78 is 63.7. The van der Waals surface area contributed by atoms with Crippen LogP contribution in [0.25, 0.3) is 0 Å². The minimum absolute atomic E-state index is 0.0502. The van der Waals surface area contributed by atoms with Gasteiger partial charge in [0, 0.05) is 31.5 Å². The van der Waals surface area contributed by atoms with E-state index in [4.69, 9.17) is 18.5 Å². The molecule has 2 N–H and O–H groups in total. The molecule has 1 amide bonds. The number of benzene rings is 2. The van der Waals surface area contributed by atoms with Crippen LogP contribution in [0.3, 0.4) is 0 Å². The van der Waals surface area contributed by atoms with Gasteiger partial charge >= 0.3 is 12.1 Å². The van der Waals surface area contributed by atoms with Gasteiger partial charge in [-0.1, -0.05) is 6.07 Å². The number of alkyl halides is 3. The average Bonchev–Trinajstić information content (AvgIpc) is 3.27. The Bertz CT molecular complexity index is 1500. The summed E-state index contributed by atoms with van der Waals surface area (Å²) in [6.45, 7) is 4.87. The maximum absolute atomic E-state index is 14.0. The zero-order valence-electron chi connectivity index (χ0n) is 24.2. The van der Waals surface area contributed by atoms with E-state index in [1.807, 2.05) is 19.9 Å². The Hall–Kier alpha value is -4.00. The molecule has 1 aliphatic heterocycles. The second kappa shape index (κ2) is 13.5. The molecular weight excluding hydrogens is 590 g/mol. The Morgan fingerprint density at radius 2 is 1.77 bits per heavy atom. The summed E-state index contributed by atoms with van der Waals surface area (Å²) in [4.78, 5) is 34.5. The number of fused-ring (bicyclic) bond motifs is 1. The van der Waals surface area contributed by atoms with Crippen LogP contribution in [-0.2, 0) is 32.7 Å². The lowest BCUT2D eigenvalue weighted by atomic mass is 10.0. The summed E-state index contributed by atoms with van der Waals surface area (Å²) in [6, 6.07) is 8.02. The summed E-state index contributed by atoms with van der Waals surface area (Å²) >= 11 is 0. The van der Waals surface area contributed by atoms with Crippen molar-refractivity contribution in [2.75, 3.05) is 45.1 Å². The van der Waals surface area contributed by atoms with Crippen LogP contribution in [0.5, 0.6) is 5.75 Å². The van der Waals surface area contributed by atoms with E-state index in [0.717, 1.165) is 5.56 Å². The third-order valence-corrected chi connectivity index (χ3v) is 8.11. The lowest BCUT2D eigenvalue weighted by Crippen LogP contribution is -2.18. The molecular formula is C28H31F3N5O6P. The number of ether oxygens (including phenoxy) is 2. The van der Waals surface area contributed by atoms with E-state index < -0.39 is 37.8 Å². The quantitative estimate of drug-likeness (QED) is 0.177. The minimum atomic E-state index is -4.81. The van der Waals surface area contributed by atoms with Gasteiger partial charge in [-0.05, 0) is 43.7 Å². The monoisotopic (exact) mass is 621 g/mol. The van der Waals surface area contributed by atoms with Crippen LogP contribution < -0.4 is 15.4 Å². The molecule has 0 bridgehead atoms. The number of carbonyl (C=O) groups excluding carboxylic acids is 2. The summed E-state index contributed by atoms with van der Waals surface area (Å²) in [6.07, 6.45) is -3.64. The molecule has 4 rings (SSSR count). The molecule has 2 aromatic carbocycles. The predicted molar refractivity (Wildman–Crippen MR) is 154 cm³/mol. The molecule has 15 heteroatoms. The van der Waals surface area contributed by atoms with Crippen molar-refractivity contribution in [3.63, 3.8) is 0 Å². The maximum atomic E-state index is 14.0. The molecule has 0 saturated carbocycles. The molecule has 230 valence electrons. The van der Waals surface area contributed by atoms with Gasteiger partial charge in [0.25, 0.3) is 5.91 Å². The summed E-state index contributed by atoms with van der Waals surface area (Å²) in [5.41, 5.74) is 0.737. The number of rotatable bonds is 12. The third kappa shape index (κ3) is 7.15. The standard InChI is InChI=1S/C28H31F3N5O6P/c1-6-41-43(42-7-2)15-16-8-10-20(22(12-16)39-4)34-27-32-13-19(28(29,30)31)24(35-27)33-21-11-9-17(26(38)40-5)18-14-36(3)25(37)23(18)21/h8-13H,6-7,14-15H2,1-5H3,(H2,32,33,34,35). The molecule has 43 heavy (non-hydrogen) atoms. The van der Waals surface area contributed by atoms with Crippen molar-refractivity contribution >= 4 is 43.4 Å². The van der Waals surface area contributed by atoms with Crippen molar-refractivity contribution in [3.05, 3.63) is 64.3 Å². The lowest BCUT2D eigenvalue weighted by Gasteiger charge is -2.18. The number of amides is 1. The Kier molecular flexibility index (Phi) is 10.0. The van der Waals surface area contributed by atoms with Gasteiger partial charge in [-0.25, -0.2) is 9.78 Å². The smallest absolute Gasteiger partial charge is 0.421 e. The van der Waals surface area contributed by atoms with Crippen molar-refractivity contribution in [3.8, 4) is 5.75 Å². The van der Waals surface area contributed by atoms with E-state index in [1.165, 1.54) is 38.3 Å². The molecule has 1 aliphatic rings. The normalized spacial score (nSPS) is 12.9. The minimum Gasteiger partial charge on any atom is -0.495 e. The van der Waals surface area contributed by atoms with Gasteiger partial charge in [-0.2, -0.15) is 18.2 Å². The Morgan fingerprint density at radius 3 is 2.40 bits per heavy atom. The Labute approximate surface area is 247 Å². The highest BCUT2D eigenvalue weighted by atomic mass is 31.2. The van der Waals surface area contributed by atoms with Crippen LogP contribution in [-0.4, -0.2) is 61.2 Å². The summed E-state index contributed by atoms with van der Waals surface area (Å²) in [5.74, 6) is -1.47. The molecule has 0 spiro atoms. The van der Waals surface area contributed by atoms with E-state index in [0.29, 0.717) is 42.6 Å². The van der Waals surface area contributed by atoms with Crippen molar-refractivity contribution in [1.82, 2.24) is 14.9 Å². The fourth-order valence-corrected chi connectivity index (χ4v) is 5.79. The van der Waals surface area contributed by atoms with Crippen LogP contribution in [0.4, 0.5) is 36.3 Å². The van der Waals surface area contributed by atoms with Gasteiger partial charge in [0.15, 0.2) is 8.38 Å². The van der Waals surface area contributed by atoms with Gasteiger partial charge in [0.05, 0.1) is 49.9 Å². The average molecular weight is 622 g/mol. The number of anilines is 4. The molecule has 0 aliphatic carbocycles. The van der Waals surface area contributed by atoms with Crippen LogP contribution >= 0.6 is 8.38 Å². The molecule has 3 aromatic rings. The molecule has 0 saturated heterocycles. The van der Waals surface area contributed by atoms with Crippen LogP contribution in [0.1, 0.15) is 51.3 Å². The van der Waals surface area contributed by atoms with E-state index in [9.17, 15) is 22.8 Å². The van der Waals surface area contributed by atoms with Crippen molar-refractivity contribution < 1.29 is 41.3 Å². The second-order valence-electron chi connectivity index (χ2n) is 9.23. The largest absolute Gasteiger partial charge is 0.495 e. The second-order valence-corrected chi connectivity index (χ2v) is 10.7. The number of hydrogen-bond acceptors (Lipinski definition) is 10. The number of halogens is 3. The first-order valence-corrected chi connectivity index (χ1v) is 14.5. The molecule has 0 atom stereocenters. The molecule has 0 fully saturated rings. The van der Waals surface area contributed by atoms with E-state index in [2.05, 4.69) is 20.6 Å². The number of methoxy groups -OCH3 is 2. The number of aromatic nitrogens is 2. The number of nitrogens with one attached hydrogen (secondary N) is 2. The van der Waals surface area contributed by atoms with E-state index in [1.54, 1.807) is 12.1 Å². The first kappa shape index (κ1) is 31.9. The van der Waals surface area contributed by atoms with Gasteiger partial charge in [0.1, 0.15) is 17.1 Å². The predicted octanol–water partition coefficient (Wildman–Crippen LogP) is 6.25. The first-order valence-electron chi connectivity index (χ1n) is 13.2. The number of hydrogen-bond donors (Lipinski definition) is 2. The van der Waals surface area contributed by atoms with Crippen LogP contribution in [0, 0.1) is 0 Å². The fraction of sp³-hybridized carbons (Fsp3) is 0.357. The maximum Gasteiger partial charge on any atom is 0.421 e. The molecule has 0 unspecified atom stereocenters. The number of esters is 1. The number of carbonyl (C=O) groups is 2. The van der Waals surface area contributed by atoms with Crippen LogP contribution in [0.2, 0.25) is 0 Å². The topological polar surface area (TPSA) is 124 Å². The van der Waals surface area contributed by atoms with E-state index >= 15 is 0 Å². The lowest BCUT2D eigenvalue weighted by molar-refractivity contribution is -0.137. The molecule has 11 nitrogen and oxygen atoms in total. The van der Waals surface area contributed by atoms with Crippen molar-refractivity contribution in [1.29, 1.82) is 0 Å². The SMILES string of the molecule is CCOP(Cc1ccc(Nc2ncc(C(F)(F)F)c(Nc3ccc(C(=O)OC)c4c3C(=O)N(C)C4)n2)c(OC)c1)OCC. The zero-order chi connectivity index (χ0) is 31.3. The summed E-state index contributed by atoms with van der Waals surface area (Å²) in [5, 5.41) is 5.57. The van der Waals surface area contributed by atoms with Crippen molar-refractivity contribution in [2.45, 2.75) is 32.7 Å². The fourth-order valence-electron chi connectivity index (χ4n) is 4.46. The number of nitrogens with zero attached hydrogens (tertiary/aromatic N) is 3. The third-order valence-electron chi connectivity index (χ3n) is 6.39. The first-order chi connectivity index (χ1) is 20.5.